The highest BCUT2D eigenvalue weighted by molar-refractivity contribution is 14.1. The van der Waals surface area contributed by atoms with Gasteiger partial charge in [0.15, 0.2) is 0 Å². The predicted octanol–water partition coefficient (Wildman–Crippen LogP) is 1.64. The zero-order valence-electron chi connectivity index (χ0n) is 6.00. The van der Waals surface area contributed by atoms with Crippen molar-refractivity contribution < 1.29 is 0 Å². The van der Waals surface area contributed by atoms with Crippen molar-refractivity contribution in [3.05, 3.63) is 0 Å². The Morgan fingerprint density at radius 3 is 3.10 bits per heavy atom. The maximum atomic E-state index is 4.36. The molecule has 1 fully saturated rings. The molecule has 0 N–H and O–H groups in total. The molecule has 0 radical (unpaired) electrons. The van der Waals surface area contributed by atoms with E-state index in [1.165, 1.54) is 12.8 Å². The van der Waals surface area contributed by atoms with Crippen LogP contribution in [0.3, 0.4) is 0 Å². The lowest BCUT2D eigenvalue weighted by Crippen LogP contribution is -2.31. The molecule has 2 heterocycles. The van der Waals surface area contributed by atoms with Crippen molar-refractivity contribution in [3.8, 4) is 0 Å². The molecule has 0 spiro atoms. The lowest BCUT2D eigenvalue weighted by molar-refractivity contribution is 0.364. The highest BCUT2D eigenvalue weighted by atomic mass is 127. The monoisotopic (exact) mass is 250 g/mol. The van der Waals surface area contributed by atoms with Crippen molar-refractivity contribution in [2.75, 3.05) is 0 Å². The first kappa shape index (κ1) is 6.88. The van der Waals surface area contributed by atoms with E-state index in [1.54, 1.807) is 0 Å². The molecular formula is C7H11IN2. The summed E-state index contributed by atoms with van der Waals surface area (Å²) in [6.45, 7) is 2.28. The molecule has 0 aromatic carbocycles. The molecule has 2 aliphatic heterocycles. The summed E-state index contributed by atoms with van der Waals surface area (Å²) in [4.78, 5) is 6.76. The van der Waals surface area contributed by atoms with E-state index in [-0.39, 0.29) is 0 Å². The SMILES string of the molecule is CC1CCC2C(I)N=CN12. The van der Waals surface area contributed by atoms with Crippen molar-refractivity contribution >= 4 is 28.9 Å². The van der Waals surface area contributed by atoms with Gasteiger partial charge in [-0.3, -0.25) is 4.99 Å². The van der Waals surface area contributed by atoms with Gasteiger partial charge in [-0.1, -0.05) is 22.6 Å². The molecule has 56 valence electrons. The molecule has 10 heavy (non-hydrogen) atoms. The van der Waals surface area contributed by atoms with Crippen LogP contribution >= 0.6 is 22.6 Å². The minimum Gasteiger partial charge on any atom is -0.354 e. The number of alkyl halides is 1. The van der Waals surface area contributed by atoms with E-state index in [2.05, 4.69) is 39.4 Å². The van der Waals surface area contributed by atoms with Crippen LogP contribution in [-0.4, -0.2) is 27.4 Å². The Morgan fingerprint density at radius 2 is 2.40 bits per heavy atom. The number of hydrogen-bond acceptors (Lipinski definition) is 2. The zero-order valence-corrected chi connectivity index (χ0v) is 8.15. The minimum atomic E-state index is 0.516. The Kier molecular flexibility index (Phi) is 1.62. The van der Waals surface area contributed by atoms with Crippen LogP contribution in [0.5, 0.6) is 0 Å². The predicted molar refractivity (Wildman–Crippen MR) is 50.6 cm³/mol. The summed E-state index contributed by atoms with van der Waals surface area (Å²) in [5, 5.41) is 0. The van der Waals surface area contributed by atoms with Gasteiger partial charge in [-0.2, -0.15) is 0 Å². The third kappa shape index (κ3) is 0.863. The summed E-state index contributed by atoms with van der Waals surface area (Å²) < 4.78 is 0.516. The second-order valence-electron chi connectivity index (χ2n) is 3.08. The molecule has 2 rings (SSSR count). The number of fused-ring (bicyclic) bond motifs is 1. The fraction of sp³-hybridized carbons (Fsp3) is 0.857. The van der Waals surface area contributed by atoms with E-state index in [0.717, 1.165) is 12.1 Å². The van der Waals surface area contributed by atoms with Gasteiger partial charge in [0.05, 0.1) is 12.4 Å². The summed E-state index contributed by atoms with van der Waals surface area (Å²) in [5.74, 6) is 0. The van der Waals surface area contributed by atoms with E-state index in [1.807, 2.05) is 6.34 Å². The first-order valence-corrected chi connectivity index (χ1v) is 4.98. The molecule has 3 atom stereocenters. The summed E-state index contributed by atoms with van der Waals surface area (Å²) >= 11 is 2.42. The normalized spacial score (nSPS) is 44.6. The molecule has 0 bridgehead atoms. The van der Waals surface area contributed by atoms with Crippen molar-refractivity contribution in [2.45, 2.75) is 35.9 Å². The lowest BCUT2D eigenvalue weighted by Gasteiger charge is -2.20. The van der Waals surface area contributed by atoms with Crippen LogP contribution in [0.2, 0.25) is 0 Å². The van der Waals surface area contributed by atoms with E-state index in [0.29, 0.717) is 4.05 Å². The van der Waals surface area contributed by atoms with Crippen LogP contribution in [0.25, 0.3) is 0 Å². The van der Waals surface area contributed by atoms with Gasteiger partial charge in [0, 0.05) is 6.04 Å². The van der Waals surface area contributed by atoms with Crippen molar-refractivity contribution in [2.24, 2.45) is 4.99 Å². The lowest BCUT2D eigenvalue weighted by atomic mass is 10.2. The van der Waals surface area contributed by atoms with Crippen LogP contribution in [0.4, 0.5) is 0 Å². The van der Waals surface area contributed by atoms with Crippen molar-refractivity contribution in [1.29, 1.82) is 0 Å². The quantitative estimate of drug-likeness (QED) is 0.362. The Bertz CT molecular complexity index is 169. The maximum absolute atomic E-state index is 4.36. The van der Waals surface area contributed by atoms with Crippen molar-refractivity contribution in [3.63, 3.8) is 0 Å². The van der Waals surface area contributed by atoms with E-state index >= 15 is 0 Å². The second kappa shape index (κ2) is 2.36. The molecule has 0 aromatic rings. The molecule has 1 saturated heterocycles. The molecule has 0 aromatic heterocycles. The number of rotatable bonds is 0. The average Bonchev–Trinajstić information content (AvgIpc) is 2.41. The number of aliphatic imine (C=N–C) groups is 1. The molecule has 0 saturated carbocycles. The second-order valence-corrected chi connectivity index (χ2v) is 4.35. The van der Waals surface area contributed by atoms with E-state index in [9.17, 15) is 0 Å². The first-order valence-electron chi connectivity index (χ1n) is 3.74. The van der Waals surface area contributed by atoms with E-state index in [4.69, 9.17) is 0 Å². The molecule has 3 heteroatoms. The largest absolute Gasteiger partial charge is 0.354 e. The van der Waals surface area contributed by atoms with Gasteiger partial charge in [-0.25, -0.2) is 0 Å². The zero-order chi connectivity index (χ0) is 7.14. The molecule has 2 nitrogen and oxygen atoms in total. The van der Waals surface area contributed by atoms with Gasteiger partial charge in [-0.15, -0.1) is 0 Å². The third-order valence-corrected chi connectivity index (χ3v) is 3.58. The van der Waals surface area contributed by atoms with Gasteiger partial charge in [0.25, 0.3) is 0 Å². The average molecular weight is 250 g/mol. The van der Waals surface area contributed by atoms with Gasteiger partial charge >= 0.3 is 0 Å². The highest BCUT2D eigenvalue weighted by Gasteiger charge is 2.36. The molecule has 0 amide bonds. The van der Waals surface area contributed by atoms with Gasteiger partial charge in [-0.05, 0) is 19.8 Å². The van der Waals surface area contributed by atoms with Crippen LogP contribution in [0, 0.1) is 0 Å². The fourth-order valence-corrected chi connectivity index (χ4v) is 2.63. The summed E-state index contributed by atoms with van der Waals surface area (Å²) in [6.07, 6.45) is 4.70. The van der Waals surface area contributed by atoms with Gasteiger partial charge in [0.1, 0.15) is 4.05 Å². The molecule has 3 unspecified atom stereocenters. The smallest absolute Gasteiger partial charge is 0.123 e. The Morgan fingerprint density at radius 1 is 1.60 bits per heavy atom. The number of halogens is 1. The first-order chi connectivity index (χ1) is 4.79. The number of hydrogen-bond donors (Lipinski definition) is 0. The highest BCUT2D eigenvalue weighted by Crippen LogP contribution is 2.32. The Labute approximate surface area is 74.8 Å². The van der Waals surface area contributed by atoms with Gasteiger partial charge < -0.3 is 4.90 Å². The molecule has 0 aliphatic carbocycles. The fourth-order valence-electron chi connectivity index (χ4n) is 1.76. The topological polar surface area (TPSA) is 15.6 Å². The van der Waals surface area contributed by atoms with Gasteiger partial charge in [0.2, 0.25) is 0 Å². The Balaban J connectivity index is 2.16. The maximum Gasteiger partial charge on any atom is 0.123 e. The summed E-state index contributed by atoms with van der Waals surface area (Å²) in [6, 6.07) is 1.45. The van der Waals surface area contributed by atoms with Crippen LogP contribution in [0.1, 0.15) is 19.8 Å². The standard InChI is InChI=1S/C7H11IN2/c1-5-2-3-6-7(8)9-4-10(5)6/h4-7H,2-3H2,1H3. The third-order valence-electron chi connectivity index (χ3n) is 2.43. The van der Waals surface area contributed by atoms with E-state index < -0.39 is 0 Å². The van der Waals surface area contributed by atoms with Crippen LogP contribution < -0.4 is 0 Å². The van der Waals surface area contributed by atoms with Crippen molar-refractivity contribution in [1.82, 2.24) is 4.90 Å². The molecule has 2 aliphatic rings. The van der Waals surface area contributed by atoms with Crippen LogP contribution in [0.15, 0.2) is 4.99 Å². The minimum absolute atomic E-state index is 0.516. The summed E-state index contributed by atoms with van der Waals surface area (Å²) in [7, 11) is 0. The molecular weight excluding hydrogens is 239 g/mol. The number of nitrogens with zero attached hydrogens (tertiary/aromatic N) is 2. The van der Waals surface area contributed by atoms with Crippen LogP contribution in [-0.2, 0) is 0 Å². The summed E-state index contributed by atoms with van der Waals surface area (Å²) in [5.41, 5.74) is 0. The Hall–Kier alpha value is 0.200.